The molecule has 0 amide bonds. The number of hydrogen-bond acceptors (Lipinski definition) is 2. The third kappa shape index (κ3) is 3.34. The summed E-state index contributed by atoms with van der Waals surface area (Å²) < 4.78 is 0. The number of Topliss-reactive ketones (excluding diaryl/α,β-unsaturated/α-hetero) is 1. The first-order valence-electron chi connectivity index (χ1n) is 1.56. The summed E-state index contributed by atoms with van der Waals surface area (Å²) in [4.78, 5) is 19.1. The second kappa shape index (κ2) is 2.57. The van der Waals surface area contributed by atoms with E-state index in [1.807, 2.05) is 0 Å². The molecule has 1 radical (unpaired) electrons. The molecule has 0 aromatic heterocycles. The van der Waals surface area contributed by atoms with Crippen LogP contribution in [0.3, 0.4) is 0 Å². The third-order valence-corrected chi connectivity index (χ3v) is 0.303. The Morgan fingerprint density at radius 3 is 2.17 bits per heavy atom. The summed E-state index contributed by atoms with van der Waals surface area (Å²) in [6.07, 6.45) is 1.45. The van der Waals surface area contributed by atoms with Crippen molar-refractivity contribution in [2.45, 2.75) is 6.92 Å². The molecule has 0 aromatic carbocycles. The Balaban J connectivity index is 3.05. The van der Waals surface area contributed by atoms with Crippen LogP contribution < -0.4 is 0 Å². The van der Waals surface area contributed by atoms with E-state index in [0.29, 0.717) is 6.29 Å². The molecule has 0 spiro atoms. The molecule has 0 atom stereocenters. The summed E-state index contributed by atoms with van der Waals surface area (Å²) in [5, 5.41) is 0. The monoisotopic (exact) mass is 85.0 g/mol. The van der Waals surface area contributed by atoms with Crippen molar-refractivity contribution in [3.05, 3.63) is 6.42 Å². The van der Waals surface area contributed by atoms with Crippen LogP contribution in [-0.4, -0.2) is 12.1 Å². The second-order valence-electron chi connectivity index (χ2n) is 0.913. The van der Waals surface area contributed by atoms with Gasteiger partial charge in [-0.2, -0.15) is 0 Å². The number of ketones is 1. The van der Waals surface area contributed by atoms with Crippen LogP contribution >= 0.6 is 0 Å². The van der Waals surface area contributed by atoms with E-state index >= 15 is 0 Å². The molecule has 33 valence electrons. The van der Waals surface area contributed by atoms with Crippen molar-refractivity contribution in [1.29, 1.82) is 0 Å². The standard InChI is InChI=1S/C4H5O2/c1-4(6)2-3-5/h2-3H,1H3. The van der Waals surface area contributed by atoms with Crippen molar-refractivity contribution in [2.24, 2.45) is 0 Å². The molecule has 0 rings (SSSR count). The van der Waals surface area contributed by atoms with Gasteiger partial charge in [0.25, 0.3) is 0 Å². The van der Waals surface area contributed by atoms with E-state index in [-0.39, 0.29) is 5.78 Å². The Morgan fingerprint density at radius 1 is 1.67 bits per heavy atom. The van der Waals surface area contributed by atoms with Gasteiger partial charge in [-0.05, 0) is 6.92 Å². The summed E-state index contributed by atoms with van der Waals surface area (Å²) in [6.45, 7) is 1.33. The third-order valence-electron chi connectivity index (χ3n) is 0.303. The highest BCUT2D eigenvalue weighted by molar-refractivity contribution is 5.99. The Hall–Kier alpha value is -0.660. The van der Waals surface area contributed by atoms with Crippen LogP contribution in [0.1, 0.15) is 6.92 Å². The fourth-order valence-electron chi connectivity index (χ4n) is 0.0958. The molecule has 0 aliphatic heterocycles. The van der Waals surface area contributed by atoms with E-state index in [9.17, 15) is 9.59 Å². The molecule has 0 aliphatic rings. The average Bonchev–Trinajstić information content (AvgIpc) is 1.35. The number of carbonyl (C=O) groups is 2. The van der Waals surface area contributed by atoms with Crippen molar-refractivity contribution >= 4 is 12.1 Å². The predicted octanol–water partition coefficient (Wildman–Crippen LogP) is -0.0214. The average molecular weight is 85.1 g/mol. The molecule has 0 N–H and O–H groups in total. The first-order chi connectivity index (χ1) is 2.77. The maximum absolute atomic E-state index is 9.76. The van der Waals surface area contributed by atoms with Crippen LogP contribution in [0, 0.1) is 6.42 Å². The predicted molar refractivity (Wildman–Crippen MR) is 21.0 cm³/mol. The van der Waals surface area contributed by atoms with Crippen LogP contribution in [0.5, 0.6) is 0 Å². The minimum Gasteiger partial charge on any atom is -0.303 e. The highest BCUT2D eigenvalue weighted by Gasteiger charge is 1.85. The zero-order valence-electron chi connectivity index (χ0n) is 3.47. The van der Waals surface area contributed by atoms with Crippen molar-refractivity contribution in [3.8, 4) is 0 Å². The fourth-order valence-corrected chi connectivity index (χ4v) is 0.0958. The molecule has 0 fully saturated rings. The maximum Gasteiger partial charge on any atom is 0.141 e. The van der Waals surface area contributed by atoms with Crippen molar-refractivity contribution < 1.29 is 9.59 Å². The second-order valence-corrected chi connectivity index (χ2v) is 0.913. The first-order valence-corrected chi connectivity index (χ1v) is 1.56. The molecular weight excluding hydrogens is 80.0 g/mol. The summed E-state index contributed by atoms with van der Waals surface area (Å²) in [5.74, 6) is -0.204. The Morgan fingerprint density at radius 2 is 2.17 bits per heavy atom. The van der Waals surface area contributed by atoms with Gasteiger partial charge < -0.3 is 4.79 Å². The largest absolute Gasteiger partial charge is 0.303 e. The topological polar surface area (TPSA) is 34.1 Å². The molecule has 0 aromatic rings. The van der Waals surface area contributed by atoms with Gasteiger partial charge in [0.05, 0.1) is 6.42 Å². The van der Waals surface area contributed by atoms with Gasteiger partial charge in [0, 0.05) is 0 Å². The molecule has 0 saturated heterocycles. The zero-order chi connectivity index (χ0) is 4.99. The molecule has 0 heterocycles. The van der Waals surface area contributed by atoms with Crippen LogP contribution in [0.4, 0.5) is 0 Å². The first kappa shape index (κ1) is 5.34. The SMILES string of the molecule is CC(=O)[CH]C=O. The summed E-state index contributed by atoms with van der Waals surface area (Å²) >= 11 is 0. The van der Waals surface area contributed by atoms with Gasteiger partial charge in [0.1, 0.15) is 12.1 Å². The van der Waals surface area contributed by atoms with Crippen molar-refractivity contribution in [3.63, 3.8) is 0 Å². The lowest BCUT2D eigenvalue weighted by Gasteiger charge is -1.70. The normalized spacial score (nSPS) is 7.50. The van der Waals surface area contributed by atoms with Crippen LogP contribution in [0.15, 0.2) is 0 Å². The van der Waals surface area contributed by atoms with Gasteiger partial charge in [-0.1, -0.05) is 0 Å². The fraction of sp³-hybridized carbons (Fsp3) is 0.250. The lowest BCUT2D eigenvalue weighted by atomic mass is 10.3. The van der Waals surface area contributed by atoms with Crippen LogP contribution in [-0.2, 0) is 9.59 Å². The van der Waals surface area contributed by atoms with E-state index in [2.05, 4.69) is 0 Å². The molecule has 6 heavy (non-hydrogen) atoms. The lowest BCUT2D eigenvalue weighted by molar-refractivity contribution is -0.116. The van der Waals surface area contributed by atoms with Crippen LogP contribution in [0.25, 0.3) is 0 Å². The van der Waals surface area contributed by atoms with E-state index in [1.54, 1.807) is 0 Å². The van der Waals surface area contributed by atoms with E-state index in [0.717, 1.165) is 6.42 Å². The maximum atomic E-state index is 9.76. The summed E-state index contributed by atoms with van der Waals surface area (Å²) in [5.41, 5.74) is 0. The highest BCUT2D eigenvalue weighted by atomic mass is 16.1. The lowest BCUT2D eigenvalue weighted by Crippen LogP contribution is -1.89. The molecule has 2 nitrogen and oxygen atoms in total. The van der Waals surface area contributed by atoms with E-state index in [4.69, 9.17) is 0 Å². The number of hydrogen-bond donors (Lipinski definition) is 0. The molecule has 2 heteroatoms. The number of carbonyl (C=O) groups excluding carboxylic acids is 2. The Labute approximate surface area is 36.2 Å². The molecule has 0 bridgehead atoms. The van der Waals surface area contributed by atoms with Gasteiger partial charge in [0.2, 0.25) is 0 Å². The van der Waals surface area contributed by atoms with Gasteiger partial charge in [-0.3, -0.25) is 4.79 Å². The minimum atomic E-state index is -0.204. The van der Waals surface area contributed by atoms with Gasteiger partial charge in [0.15, 0.2) is 0 Å². The zero-order valence-corrected chi connectivity index (χ0v) is 3.47. The Bertz CT molecular complexity index is 65.9. The number of aldehydes is 1. The molecule has 0 saturated carbocycles. The summed E-state index contributed by atoms with van der Waals surface area (Å²) in [6, 6.07) is 0. The summed E-state index contributed by atoms with van der Waals surface area (Å²) in [7, 11) is 0. The van der Waals surface area contributed by atoms with Crippen molar-refractivity contribution in [2.75, 3.05) is 0 Å². The molecular formula is C4H5O2. The Kier molecular flexibility index (Phi) is 2.29. The van der Waals surface area contributed by atoms with Gasteiger partial charge in [-0.25, -0.2) is 0 Å². The smallest absolute Gasteiger partial charge is 0.141 e. The highest BCUT2D eigenvalue weighted by Crippen LogP contribution is 1.67. The quantitative estimate of drug-likeness (QED) is 0.349. The van der Waals surface area contributed by atoms with Crippen LogP contribution in [0.2, 0.25) is 0 Å². The molecule has 0 aliphatic carbocycles. The van der Waals surface area contributed by atoms with E-state index in [1.165, 1.54) is 6.92 Å². The van der Waals surface area contributed by atoms with Gasteiger partial charge in [-0.15, -0.1) is 0 Å². The van der Waals surface area contributed by atoms with Gasteiger partial charge >= 0.3 is 0 Å². The van der Waals surface area contributed by atoms with E-state index < -0.39 is 0 Å². The molecule has 0 unspecified atom stereocenters. The number of rotatable bonds is 2. The minimum absolute atomic E-state index is 0.204. The van der Waals surface area contributed by atoms with Crippen molar-refractivity contribution in [1.82, 2.24) is 0 Å².